The van der Waals surface area contributed by atoms with Gasteiger partial charge in [0.2, 0.25) is 10.0 Å². The molecule has 128 valence electrons. The first kappa shape index (κ1) is 18.4. The number of nitro benzene ring substituents is 1. The monoisotopic (exact) mass is 368 g/mol. The second-order valence-corrected chi connectivity index (χ2v) is 7.49. The van der Waals surface area contributed by atoms with Crippen molar-refractivity contribution in [3.63, 3.8) is 0 Å². The molecule has 0 N–H and O–H groups in total. The van der Waals surface area contributed by atoms with E-state index in [-0.39, 0.29) is 29.2 Å². The number of nitrogens with zero attached hydrogens (tertiary/aromatic N) is 2. The number of rotatable bonds is 6. The van der Waals surface area contributed by atoms with Crippen LogP contribution >= 0.6 is 11.6 Å². The lowest BCUT2D eigenvalue weighted by molar-refractivity contribution is -0.385. The molecule has 0 heterocycles. The number of benzene rings is 2. The Morgan fingerprint density at radius 3 is 2.42 bits per heavy atom. The zero-order valence-corrected chi connectivity index (χ0v) is 14.8. The number of halogens is 1. The highest BCUT2D eigenvalue weighted by atomic mass is 35.5. The minimum atomic E-state index is -3.88. The summed E-state index contributed by atoms with van der Waals surface area (Å²) in [7, 11) is -3.88. The lowest BCUT2D eigenvalue weighted by Crippen LogP contribution is -2.31. The molecule has 0 aliphatic heterocycles. The third-order valence-electron chi connectivity index (χ3n) is 3.73. The summed E-state index contributed by atoms with van der Waals surface area (Å²) in [4.78, 5) is 10.4. The van der Waals surface area contributed by atoms with Crippen molar-refractivity contribution in [1.82, 2.24) is 4.31 Å². The van der Waals surface area contributed by atoms with Crippen LogP contribution in [-0.2, 0) is 16.6 Å². The van der Waals surface area contributed by atoms with Gasteiger partial charge in [-0.3, -0.25) is 10.1 Å². The Kier molecular flexibility index (Phi) is 5.58. The Morgan fingerprint density at radius 1 is 1.17 bits per heavy atom. The highest BCUT2D eigenvalue weighted by molar-refractivity contribution is 7.89. The van der Waals surface area contributed by atoms with E-state index in [0.29, 0.717) is 10.6 Å². The summed E-state index contributed by atoms with van der Waals surface area (Å²) >= 11 is 6.11. The normalized spacial score (nSPS) is 11.7. The summed E-state index contributed by atoms with van der Waals surface area (Å²) in [6.07, 6.45) is 0. The van der Waals surface area contributed by atoms with E-state index in [1.807, 2.05) is 0 Å². The van der Waals surface area contributed by atoms with Crippen LogP contribution in [0.3, 0.4) is 0 Å². The van der Waals surface area contributed by atoms with Gasteiger partial charge in [-0.25, -0.2) is 8.42 Å². The van der Waals surface area contributed by atoms with E-state index in [1.165, 1.54) is 29.4 Å². The van der Waals surface area contributed by atoms with E-state index in [9.17, 15) is 18.5 Å². The summed E-state index contributed by atoms with van der Waals surface area (Å²) in [6.45, 7) is 3.46. The van der Waals surface area contributed by atoms with E-state index in [0.717, 1.165) is 0 Å². The molecule has 0 spiro atoms. The lowest BCUT2D eigenvalue weighted by Gasteiger charge is -2.22. The van der Waals surface area contributed by atoms with Crippen molar-refractivity contribution in [2.24, 2.45) is 0 Å². The number of hydrogen-bond donors (Lipinski definition) is 0. The summed E-state index contributed by atoms with van der Waals surface area (Å²) in [6, 6.07) is 11.0. The molecule has 2 aromatic rings. The molecule has 0 bridgehead atoms. The van der Waals surface area contributed by atoms with E-state index in [4.69, 9.17) is 11.6 Å². The van der Waals surface area contributed by atoms with E-state index < -0.39 is 14.9 Å². The van der Waals surface area contributed by atoms with Gasteiger partial charge < -0.3 is 0 Å². The van der Waals surface area contributed by atoms with Crippen molar-refractivity contribution in [2.45, 2.75) is 25.3 Å². The maximum absolute atomic E-state index is 12.9. The van der Waals surface area contributed by atoms with Gasteiger partial charge in [-0.2, -0.15) is 4.31 Å². The Labute approximate surface area is 145 Å². The molecular formula is C16H17ClN2O4S. The van der Waals surface area contributed by atoms with E-state index in [1.54, 1.807) is 31.2 Å². The Morgan fingerprint density at radius 2 is 1.83 bits per heavy atom. The second-order valence-electron chi connectivity index (χ2n) is 5.18. The second kappa shape index (κ2) is 7.29. The van der Waals surface area contributed by atoms with Gasteiger partial charge in [-0.1, -0.05) is 42.8 Å². The molecule has 0 aliphatic rings. The lowest BCUT2D eigenvalue weighted by atomic mass is 10.2. The molecule has 0 unspecified atom stereocenters. The summed E-state index contributed by atoms with van der Waals surface area (Å²) in [5, 5.41) is 11.5. The maximum Gasteiger partial charge on any atom is 0.273 e. The summed E-state index contributed by atoms with van der Waals surface area (Å²) in [5.74, 6) is 0. The minimum Gasteiger partial charge on any atom is -0.258 e. The van der Waals surface area contributed by atoms with E-state index >= 15 is 0 Å². The molecule has 0 aromatic heterocycles. The molecule has 0 fully saturated rings. The molecule has 6 nitrogen and oxygen atoms in total. The van der Waals surface area contributed by atoms with Crippen LogP contribution < -0.4 is 0 Å². The average Bonchev–Trinajstić information content (AvgIpc) is 2.53. The number of nitro groups is 1. The van der Waals surface area contributed by atoms with Crippen LogP contribution in [-0.4, -0.2) is 24.2 Å². The zero-order chi connectivity index (χ0) is 17.9. The van der Waals surface area contributed by atoms with Crippen LogP contribution in [0, 0.1) is 17.0 Å². The highest BCUT2D eigenvalue weighted by Gasteiger charge is 2.28. The molecule has 2 aromatic carbocycles. The fraction of sp³-hybridized carbons (Fsp3) is 0.250. The van der Waals surface area contributed by atoms with Gasteiger partial charge in [0, 0.05) is 29.7 Å². The largest absolute Gasteiger partial charge is 0.273 e. The summed E-state index contributed by atoms with van der Waals surface area (Å²) < 4.78 is 27.1. The van der Waals surface area contributed by atoms with Crippen LogP contribution in [0.5, 0.6) is 0 Å². The molecule has 0 atom stereocenters. The fourth-order valence-corrected chi connectivity index (χ4v) is 4.27. The predicted octanol–water partition coefficient (Wildman–Crippen LogP) is 3.77. The molecule has 2 rings (SSSR count). The van der Waals surface area contributed by atoms with Crippen molar-refractivity contribution in [3.05, 3.63) is 68.7 Å². The smallest absolute Gasteiger partial charge is 0.258 e. The Bertz CT molecular complexity index is 868. The van der Waals surface area contributed by atoms with Crippen molar-refractivity contribution in [3.8, 4) is 0 Å². The molecule has 0 radical (unpaired) electrons. The first-order valence-electron chi connectivity index (χ1n) is 7.26. The molecule has 0 saturated heterocycles. The van der Waals surface area contributed by atoms with Gasteiger partial charge in [0.1, 0.15) is 0 Å². The van der Waals surface area contributed by atoms with Crippen LogP contribution in [0.4, 0.5) is 5.69 Å². The topological polar surface area (TPSA) is 80.5 Å². The third-order valence-corrected chi connectivity index (χ3v) is 6.16. The van der Waals surface area contributed by atoms with Gasteiger partial charge >= 0.3 is 0 Å². The first-order chi connectivity index (χ1) is 11.3. The van der Waals surface area contributed by atoms with Gasteiger partial charge in [0.15, 0.2) is 0 Å². The number of sulfonamides is 1. The zero-order valence-electron chi connectivity index (χ0n) is 13.3. The predicted molar refractivity (Wildman–Crippen MR) is 92.6 cm³/mol. The van der Waals surface area contributed by atoms with Crippen molar-refractivity contribution in [1.29, 1.82) is 0 Å². The van der Waals surface area contributed by atoms with Gasteiger partial charge in [-0.05, 0) is 24.6 Å². The highest BCUT2D eigenvalue weighted by Crippen LogP contribution is 2.28. The summed E-state index contributed by atoms with van der Waals surface area (Å²) in [5.41, 5.74) is 0.581. The molecule has 0 amide bonds. The molecule has 0 saturated carbocycles. The quantitative estimate of drug-likeness (QED) is 0.574. The maximum atomic E-state index is 12.9. The van der Waals surface area contributed by atoms with E-state index in [2.05, 4.69) is 0 Å². The van der Waals surface area contributed by atoms with Gasteiger partial charge in [0.25, 0.3) is 5.69 Å². The van der Waals surface area contributed by atoms with Crippen molar-refractivity contribution in [2.75, 3.05) is 6.54 Å². The van der Waals surface area contributed by atoms with Crippen LogP contribution in [0.25, 0.3) is 0 Å². The fourth-order valence-electron chi connectivity index (χ4n) is 2.40. The SMILES string of the molecule is CCN(Cc1ccccc1Cl)S(=O)(=O)c1cccc([N+](=O)[O-])c1C. The number of hydrogen-bond acceptors (Lipinski definition) is 4. The van der Waals surface area contributed by atoms with Crippen molar-refractivity contribution >= 4 is 27.3 Å². The molecular weight excluding hydrogens is 352 g/mol. The van der Waals surface area contributed by atoms with Crippen LogP contribution in [0.1, 0.15) is 18.1 Å². The Balaban J connectivity index is 2.46. The standard InChI is InChI=1S/C16H17ClN2O4S/c1-3-18(11-13-7-4-5-8-14(13)17)24(22,23)16-10-6-9-15(12(16)2)19(20)21/h4-10H,3,11H2,1-2H3. The molecule has 8 heteroatoms. The van der Waals surface area contributed by atoms with Crippen LogP contribution in [0.15, 0.2) is 47.4 Å². The molecule has 24 heavy (non-hydrogen) atoms. The third kappa shape index (κ3) is 3.58. The van der Waals surface area contributed by atoms with Gasteiger partial charge in [0.05, 0.1) is 9.82 Å². The minimum absolute atomic E-state index is 0.0643. The van der Waals surface area contributed by atoms with Crippen molar-refractivity contribution < 1.29 is 13.3 Å². The first-order valence-corrected chi connectivity index (χ1v) is 9.08. The Hall–Kier alpha value is -1.96. The molecule has 0 aliphatic carbocycles. The van der Waals surface area contributed by atoms with Crippen LogP contribution in [0.2, 0.25) is 5.02 Å². The average molecular weight is 369 g/mol. The van der Waals surface area contributed by atoms with Gasteiger partial charge in [-0.15, -0.1) is 0 Å².